The summed E-state index contributed by atoms with van der Waals surface area (Å²) in [5.74, 6) is 5.94. The fourth-order valence-electron chi connectivity index (χ4n) is 1.90. The minimum absolute atomic E-state index is 0.0691. The molecule has 0 saturated heterocycles. The number of carbonyl (C=O) groups excluding carboxylic acids is 1. The summed E-state index contributed by atoms with van der Waals surface area (Å²) in [6.07, 6.45) is 2.27. The van der Waals surface area contributed by atoms with E-state index >= 15 is 0 Å². The molecule has 1 saturated carbocycles. The van der Waals surface area contributed by atoms with Gasteiger partial charge in [0.05, 0.1) is 24.5 Å². The maximum Gasteiger partial charge on any atom is 0.306 e. The summed E-state index contributed by atoms with van der Waals surface area (Å²) in [6.45, 7) is 0. The standard InChI is InChI=1S/C12H16N4O4S/c1-20-11(17)6-12(2-3-12)7-21-10-5-8(16(18)19)4-9(14-10)15-13/h4-5H,2-3,6-7,13H2,1H3,(H,14,15). The molecule has 0 spiro atoms. The van der Waals surface area contributed by atoms with Crippen molar-refractivity contribution in [3.8, 4) is 0 Å². The Morgan fingerprint density at radius 3 is 2.86 bits per heavy atom. The van der Waals surface area contributed by atoms with Crippen molar-refractivity contribution in [2.24, 2.45) is 11.3 Å². The molecule has 0 bridgehead atoms. The van der Waals surface area contributed by atoms with Crippen molar-refractivity contribution in [1.82, 2.24) is 4.98 Å². The third-order valence-corrected chi connectivity index (χ3v) is 4.64. The molecule has 0 radical (unpaired) electrons. The number of nitrogen functional groups attached to an aromatic ring is 1. The first-order valence-electron chi connectivity index (χ1n) is 6.31. The van der Waals surface area contributed by atoms with E-state index in [9.17, 15) is 14.9 Å². The molecule has 1 fully saturated rings. The van der Waals surface area contributed by atoms with Crippen LogP contribution in [-0.4, -0.2) is 28.7 Å². The summed E-state index contributed by atoms with van der Waals surface area (Å²) in [4.78, 5) is 25.9. The predicted molar refractivity (Wildman–Crippen MR) is 77.7 cm³/mol. The van der Waals surface area contributed by atoms with Crippen LogP contribution >= 0.6 is 11.8 Å². The second-order valence-electron chi connectivity index (χ2n) is 4.99. The van der Waals surface area contributed by atoms with Crippen molar-refractivity contribution in [2.75, 3.05) is 18.3 Å². The van der Waals surface area contributed by atoms with Crippen molar-refractivity contribution >= 4 is 29.2 Å². The van der Waals surface area contributed by atoms with Gasteiger partial charge in [-0.05, 0) is 18.3 Å². The number of aromatic nitrogens is 1. The summed E-state index contributed by atoms with van der Waals surface area (Å²) < 4.78 is 4.69. The normalized spacial score (nSPS) is 15.3. The highest BCUT2D eigenvalue weighted by Crippen LogP contribution is 2.52. The Kier molecular flexibility index (Phi) is 4.63. The zero-order chi connectivity index (χ0) is 15.5. The number of nitrogens with zero attached hydrogens (tertiary/aromatic N) is 2. The van der Waals surface area contributed by atoms with E-state index in [1.54, 1.807) is 0 Å². The second kappa shape index (κ2) is 6.27. The summed E-state index contributed by atoms with van der Waals surface area (Å²) in [6, 6.07) is 2.67. The van der Waals surface area contributed by atoms with Crippen molar-refractivity contribution < 1.29 is 14.5 Å². The van der Waals surface area contributed by atoms with Crippen LogP contribution < -0.4 is 11.3 Å². The molecule has 1 aromatic heterocycles. The maximum atomic E-state index is 11.4. The van der Waals surface area contributed by atoms with Gasteiger partial charge in [-0.2, -0.15) is 0 Å². The van der Waals surface area contributed by atoms with Crippen LogP contribution in [-0.2, 0) is 9.53 Å². The minimum Gasteiger partial charge on any atom is -0.469 e. The van der Waals surface area contributed by atoms with Gasteiger partial charge in [0.2, 0.25) is 0 Å². The fraction of sp³-hybridized carbons (Fsp3) is 0.500. The number of nitro groups is 1. The molecule has 0 aliphatic heterocycles. The summed E-state index contributed by atoms with van der Waals surface area (Å²) in [5.41, 5.74) is 2.17. The number of hydrogen-bond donors (Lipinski definition) is 2. The smallest absolute Gasteiger partial charge is 0.306 e. The summed E-state index contributed by atoms with van der Waals surface area (Å²) in [7, 11) is 1.37. The number of esters is 1. The average molecular weight is 312 g/mol. The lowest BCUT2D eigenvalue weighted by molar-refractivity contribution is -0.385. The molecule has 0 atom stereocenters. The number of anilines is 1. The molecule has 21 heavy (non-hydrogen) atoms. The number of hydrogen-bond acceptors (Lipinski definition) is 8. The third kappa shape index (κ3) is 4.05. The molecule has 2 rings (SSSR count). The molecule has 1 aromatic rings. The molecule has 1 heterocycles. The van der Waals surface area contributed by atoms with Crippen LogP contribution in [0.15, 0.2) is 17.2 Å². The number of nitrogens with two attached hydrogens (primary N) is 1. The molecule has 0 amide bonds. The highest BCUT2D eigenvalue weighted by molar-refractivity contribution is 7.99. The van der Waals surface area contributed by atoms with Crippen molar-refractivity contribution in [3.63, 3.8) is 0 Å². The van der Waals surface area contributed by atoms with E-state index in [0.717, 1.165) is 12.8 Å². The van der Waals surface area contributed by atoms with Crippen LogP contribution in [0, 0.1) is 15.5 Å². The molecule has 1 aliphatic carbocycles. The second-order valence-corrected chi connectivity index (χ2v) is 5.99. The lowest BCUT2D eigenvalue weighted by atomic mass is 10.1. The lowest BCUT2D eigenvalue weighted by Gasteiger charge is -2.12. The number of thioether (sulfide) groups is 1. The number of rotatable bonds is 7. The van der Waals surface area contributed by atoms with Gasteiger partial charge in [0.25, 0.3) is 5.69 Å². The van der Waals surface area contributed by atoms with Crippen LogP contribution in [0.3, 0.4) is 0 Å². The fourth-order valence-corrected chi connectivity index (χ4v) is 3.11. The quantitative estimate of drug-likeness (QED) is 0.257. The zero-order valence-corrected chi connectivity index (χ0v) is 12.3. The molecular formula is C12H16N4O4S. The van der Waals surface area contributed by atoms with Crippen LogP contribution in [0.2, 0.25) is 0 Å². The van der Waals surface area contributed by atoms with E-state index in [-0.39, 0.29) is 22.9 Å². The molecule has 8 nitrogen and oxygen atoms in total. The van der Waals surface area contributed by atoms with Gasteiger partial charge in [-0.15, -0.1) is 11.8 Å². The minimum atomic E-state index is -0.492. The molecule has 3 N–H and O–H groups in total. The largest absolute Gasteiger partial charge is 0.469 e. The molecular weight excluding hydrogens is 296 g/mol. The molecule has 114 valence electrons. The van der Waals surface area contributed by atoms with Gasteiger partial charge in [0.1, 0.15) is 10.8 Å². The first-order chi connectivity index (χ1) is 9.98. The van der Waals surface area contributed by atoms with Crippen molar-refractivity contribution in [1.29, 1.82) is 0 Å². The number of pyridine rings is 1. The van der Waals surface area contributed by atoms with Gasteiger partial charge in [-0.25, -0.2) is 10.8 Å². The summed E-state index contributed by atoms with van der Waals surface area (Å²) >= 11 is 1.38. The number of hydrazine groups is 1. The van der Waals surface area contributed by atoms with Crippen LogP contribution in [0.5, 0.6) is 0 Å². The topological polar surface area (TPSA) is 120 Å². The Labute approximate surface area is 125 Å². The van der Waals surface area contributed by atoms with E-state index in [0.29, 0.717) is 17.2 Å². The van der Waals surface area contributed by atoms with Gasteiger partial charge < -0.3 is 10.2 Å². The van der Waals surface area contributed by atoms with E-state index in [1.165, 1.54) is 31.0 Å². The zero-order valence-electron chi connectivity index (χ0n) is 11.5. The van der Waals surface area contributed by atoms with Crippen LogP contribution in [0.25, 0.3) is 0 Å². The molecule has 0 aromatic carbocycles. The summed E-state index contributed by atoms with van der Waals surface area (Å²) in [5, 5.41) is 11.4. The number of carbonyl (C=O) groups is 1. The number of methoxy groups -OCH3 is 1. The van der Waals surface area contributed by atoms with E-state index in [2.05, 4.69) is 15.1 Å². The first kappa shape index (κ1) is 15.5. The number of ether oxygens (including phenoxy) is 1. The molecule has 0 unspecified atom stereocenters. The van der Waals surface area contributed by atoms with Gasteiger partial charge >= 0.3 is 5.97 Å². The molecule has 9 heteroatoms. The Hall–Kier alpha value is -1.87. The highest BCUT2D eigenvalue weighted by atomic mass is 32.2. The van der Waals surface area contributed by atoms with Gasteiger partial charge in [-0.3, -0.25) is 14.9 Å². The number of nitrogens with one attached hydrogen (secondary N) is 1. The Morgan fingerprint density at radius 1 is 1.62 bits per heavy atom. The Bertz CT molecular complexity index is 562. The monoisotopic (exact) mass is 312 g/mol. The van der Waals surface area contributed by atoms with E-state index < -0.39 is 4.92 Å². The van der Waals surface area contributed by atoms with Gasteiger partial charge in [0, 0.05) is 11.8 Å². The Morgan fingerprint density at radius 2 is 2.33 bits per heavy atom. The first-order valence-corrected chi connectivity index (χ1v) is 7.29. The molecule has 1 aliphatic rings. The van der Waals surface area contributed by atoms with Crippen molar-refractivity contribution in [3.05, 3.63) is 22.2 Å². The maximum absolute atomic E-state index is 11.4. The van der Waals surface area contributed by atoms with E-state index in [4.69, 9.17) is 5.84 Å². The predicted octanol–water partition coefficient (Wildman–Crippen LogP) is 1.71. The van der Waals surface area contributed by atoms with E-state index in [1.807, 2.05) is 0 Å². The third-order valence-electron chi connectivity index (χ3n) is 3.38. The van der Waals surface area contributed by atoms with Gasteiger partial charge in [0.15, 0.2) is 0 Å². The SMILES string of the molecule is COC(=O)CC1(CSc2cc([N+](=O)[O-])cc(NN)n2)CC1. The van der Waals surface area contributed by atoms with Crippen LogP contribution in [0.4, 0.5) is 11.5 Å². The highest BCUT2D eigenvalue weighted by Gasteiger charge is 2.44. The Balaban J connectivity index is 2.04. The van der Waals surface area contributed by atoms with Gasteiger partial charge in [-0.1, -0.05) is 0 Å². The van der Waals surface area contributed by atoms with Crippen LogP contribution in [0.1, 0.15) is 19.3 Å². The lowest BCUT2D eigenvalue weighted by Crippen LogP contribution is -2.13. The average Bonchev–Trinajstić information content (AvgIpc) is 3.24. The van der Waals surface area contributed by atoms with Crippen molar-refractivity contribution in [2.45, 2.75) is 24.3 Å².